The number of rotatable bonds is 9. The fourth-order valence-electron chi connectivity index (χ4n) is 2.63. The first-order valence-electron chi connectivity index (χ1n) is 7.89. The number of aromatic nitrogens is 1. The van der Waals surface area contributed by atoms with Gasteiger partial charge in [0.05, 0.1) is 0 Å². The predicted octanol–water partition coefficient (Wildman–Crippen LogP) is 2.32. The van der Waals surface area contributed by atoms with Crippen molar-refractivity contribution in [3.8, 4) is 0 Å². The lowest BCUT2D eigenvalue weighted by molar-refractivity contribution is 0.282. The first-order chi connectivity index (χ1) is 9.86. The van der Waals surface area contributed by atoms with Gasteiger partial charge in [0.2, 0.25) is 0 Å². The summed E-state index contributed by atoms with van der Waals surface area (Å²) in [6, 6.07) is 4.79. The van der Waals surface area contributed by atoms with Crippen molar-refractivity contribution in [2.75, 3.05) is 24.6 Å². The molecule has 0 atom stereocenters. The molecule has 1 aromatic heterocycles. The Morgan fingerprint density at radius 1 is 1.45 bits per heavy atom. The van der Waals surface area contributed by atoms with Crippen LogP contribution in [-0.4, -0.2) is 35.8 Å². The molecule has 2 N–H and O–H groups in total. The van der Waals surface area contributed by atoms with Crippen LogP contribution in [0.3, 0.4) is 0 Å². The highest BCUT2D eigenvalue weighted by Crippen LogP contribution is 2.30. The van der Waals surface area contributed by atoms with E-state index in [9.17, 15) is 0 Å². The van der Waals surface area contributed by atoms with Crippen molar-refractivity contribution in [1.29, 1.82) is 0 Å². The fourth-order valence-corrected chi connectivity index (χ4v) is 2.63. The highest BCUT2D eigenvalue weighted by Gasteiger charge is 2.26. The third-order valence-corrected chi connectivity index (χ3v) is 3.95. The second kappa shape index (κ2) is 8.22. The summed E-state index contributed by atoms with van der Waals surface area (Å²) in [4.78, 5) is 7.02. The molecule has 0 unspecified atom stereocenters. The third-order valence-electron chi connectivity index (χ3n) is 3.95. The van der Waals surface area contributed by atoms with E-state index in [1.54, 1.807) is 0 Å². The van der Waals surface area contributed by atoms with Crippen LogP contribution in [0.1, 0.15) is 44.6 Å². The molecule has 0 bridgehead atoms. The van der Waals surface area contributed by atoms with Crippen LogP contribution in [0.4, 0.5) is 5.82 Å². The van der Waals surface area contributed by atoms with Crippen LogP contribution >= 0.6 is 0 Å². The molecule has 1 aromatic rings. The van der Waals surface area contributed by atoms with E-state index in [1.165, 1.54) is 24.8 Å². The minimum absolute atomic E-state index is 0.249. The number of pyridine rings is 1. The molecule has 1 aliphatic carbocycles. The van der Waals surface area contributed by atoms with Crippen molar-refractivity contribution in [2.24, 2.45) is 0 Å². The largest absolute Gasteiger partial charge is 0.396 e. The number of aliphatic hydroxyl groups is 1. The highest BCUT2D eigenvalue weighted by atomic mass is 16.3. The number of nitrogens with zero attached hydrogens (tertiary/aromatic N) is 2. The number of anilines is 1. The molecule has 1 aliphatic rings. The maximum absolute atomic E-state index is 9.12. The quantitative estimate of drug-likeness (QED) is 0.680. The highest BCUT2D eigenvalue weighted by molar-refractivity contribution is 5.48. The van der Waals surface area contributed by atoms with Crippen LogP contribution in [0, 0.1) is 0 Å². The van der Waals surface area contributed by atoms with Crippen molar-refractivity contribution < 1.29 is 5.11 Å². The Balaban J connectivity index is 2.09. The molecule has 0 saturated heterocycles. The van der Waals surface area contributed by atoms with Gasteiger partial charge in [-0.1, -0.05) is 13.0 Å². The second-order valence-corrected chi connectivity index (χ2v) is 5.52. The van der Waals surface area contributed by atoms with E-state index in [1.807, 2.05) is 12.3 Å². The minimum atomic E-state index is 0.249. The van der Waals surface area contributed by atoms with Gasteiger partial charge >= 0.3 is 0 Å². The summed E-state index contributed by atoms with van der Waals surface area (Å²) >= 11 is 0. The molecule has 112 valence electrons. The first kappa shape index (κ1) is 15.3. The second-order valence-electron chi connectivity index (χ2n) is 5.52. The Morgan fingerprint density at radius 2 is 2.30 bits per heavy atom. The molecule has 1 saturated carbocycles. The minimum Gasteiger partial charge on any atom is -0.396 e. The van der Waals surface area contributed by atoms with Gasteiger partial charge in [0, 0.05) is 37.5 Å². The van der Waals surface area contributed by atoms with E-state index in [-0.39, 0.29) is 6.61 Å². The molecule has 1 heterocycles. The normalized spacial score (nSPS) is 15.1. The van der Waals surface area contributed by atoms with Crippen molar-refractivity contribution in [3.63, 3.8) is 0 Å². The predicted molar refractivity (Wildman–Crippen MR) is 82.9 cm³/mol. The Bertz CT molecular complexity index is 393. The maximum Gasteiger partial charge on any atom is 0.133 e. The van der Waals surface area contributed by atoms with Crippen molar-refractivity contribution >= 4 is 5.82 Å². The summed E-state index contributed by atoms with van der Waals surface area (Å²) in [6.45, 7) is 5.24. The average molecular weight is 277 g/mol. The Kier molecular flexibility index (Phi) is 6.27. The zero-order valence-electron chi connectivity index (χ0n) is 12.5. The molecule has 2 rings (SSSR count). The molecular weight excluding hydrogens is 250 g/mol. The van der Waals surface area contributed by atoms with Crippen LogP contribution < -0.4 is 10.2 Å². The summed E-state index contributed by atoms with van der Waals surface area (Å²) in [5.74, 6) is 1.11. The van der Waals surface area contributed by atoms with Crippen molar-refractivity contribution in [2.45, 2.75) is 51.6 Å². The molecule has 4 heteroatoms. The molecule has 1 fully saturated rings. The Hall–Kier alpha value is -1.13. The smallest absolute Gasteiger partial charge is 0.133 e. The molecule has 0 spiro atoms. The summed E-state index contributed by atoms with van der Waals surface area (Å²) in [7, 11) is 0. The molecule has 20 heavy (non-hydrogen) atoms. The topological polar surface area (TPSA) is 48.4 Å². The van der Waals surface area contributed by atoms with Crippen LogP contribution in [0.5, 0.6) is 0 Å². The lowest BCUT2D eigenvalue weighted by Crippen LogP contribution is -2.42. The Morgan fingerprint density at radius 3 is 2.95 bits per heavy atom. The fraction of sp³-hybridized carbons (Fsp3) is 0.688. The summed E-state index contributed by atoms with van der Waals surface area (Å²) in [5, 5.41) is 12.6. The van der Waals surface area contributed by atoms with Gasteiger partial charge in [-0.3, -0.25) is 0 Å². The summed E-state index contributed by atoms with van der Waals surface area (Å²) in [5.41, 5.74) is 1.27. The van der Waals surface area contributed by atoms with E-state index >= 15 is 0 Å². The van der Waals surface area contributed by atoms with Crippen LogP contribution in [0.2, 0.25) is 0 Å². The van der Waals surface area contributed by atoms with Crippen molar-refractivity contribution in [3.05, 3.63) is 23.9 Å². The Labute approximate surface area is 122 Å². The van der Waals surface area contributed by atoms with Gasteiger partial charge in [-0.05, 0) is 44.7 Å². The van der Waals surface area contributed by atoms with Gasteiger partial charge in [0.25, 0.3) is 0 Å². The molecule has 0 aliphatic heterocycles. The van der Waals surface area contributed by atoms with Gasteiger partial charge in [-0.25, -0.2) is 4.98 Å². The summed E-state index contributed by atoms with van der Waals surface area (Å²) in [6.07, 6.45) is 7.66. The first-order valence-corrected chi connectivity index (χ1v) is 7.89. The average Bonchev–Trinajstić information content (AvgIpc) is 2.42. The number of hydrogen-bond acceptors (Lipinski definition) is 4. The number of nitrogens with one attached hydrogen (secondary N) is 1. The van der Waals surface area contributed by atoms with Crippen LogP contribution in [0.15, 0.2) is 18.3 Å². The monoisotopic (exact) mass is 277 g/mol. The van der Waals surface area contributed by atoms with E-state index < -0.39 is 0 Å². The maximum atomic E-state index is 9.12. The lowest BCUT2D eigenvalue weighted by atomic mass is 9.91. The zero-order chi connectivity index (χ0) is 14.2. The van der Waals surface area contributed by atoms with Gasteiger partial charge in [0.1, 0.15) is 5.82 Å². The molecular formula is C16H27N3O. The molecule has 0 radical (unpaired) electrons. The third kappa shape index (κ3) is 3.93. The van der Waals surface area contributed by atoms with Gasteiger partial charge < -0.3 is 15.3 Å². The lowest BCUT2D eigenvalue weighted by Gasteiger charge is -2.39. The van der Waals surface area contributed by atoms with E-state index in [0.29, 0.717) is 6.04 Å². The van der Waals surface area contributed by atoms with Crippen molar-refractivity contribution in [1.82, 2.24) is 10.3 Å². The van der Waals surface area contributed by atoms with E-state index in [4.69, 9.17) is 5.11 Å². The van der Waals surface area contributed by atoms with E-state index in [0.717, 1.165) is 38.3 Å². The van der Waals surface area contributed by atoms with Crippen LogP contribution in [-0.2, 0) is 6.54 Å². The molecule has 4 nitrogen and oxygen atoms in total. The summed E-state index contributed by atoms with van der Waals surface area (Å²) < 4.78 is 0. The zero-order valence-corrected chi connectivity index (χ0v) is 12.5. The molecule has 0 amide bonds. The SMILES string of the molecule is CCCNCc1cccnc1N(CCCO)C1CCC1. The van der Waals surface area contributed by atoms with Gasteiger partial charge in [-0.2, -0.15) is 0 Å². The standard InChI is InChI=1S/C16H27N3O/c1-2-9-17-13-14-6-4-10-18-16(14)19(11-5-12-20)15-7-3-8-15/h4,6,10,15,17,20H,2-3,5,7-9,11-13H2,1H3. The van der Waals surface area contributed by atoms with Gasteiger partial charge in [0.15, 0.2) is 0 Å². The molecule has 0 aromatic carbocycles. The number of aliphatic hydroxyl groups excluding tert-OH is 1. The van der Waals surface area contributed by atoms with Crippen LogP contribution in [0.25, 0.3) is 0 Å². The number of hydrogen-bond donors (Lipinski definition) is 2. The van der Waals surface area contributed by atoms with Gasteiger partial charge in [-0.15, -0.1) is 0 Å². The van der Waals surface area contributed by atoms with E-state index in [2.05, 4.69) is 28.2 Å².